The topological polar surface area (TPSA) is 68.7 Å². The van der Waals surface area contributed by atoms with E-state index in [1.54, 1.807) is 6.07 Å². The highest BCUT2D eigenvalue weighted by Gasteiger charge is 2.38. The Bertz CT molecular complexity index is 1100. The van der Waals surface area contributed by atoms with Crippen molar-refractivity contribution in [3.05, 3.63) is 60.4 Å². The van der Waals surface area contributed by atoms with E-state index in [0.717, 1.165) is 17.0 Å². The summed E-state index contributed by atoms with van der Waals surface area (Å²) in [7, 11) is -2.45. The molecule has 1 aliphatic rings. The molecule has 4 rings (SSSR count). The number of methoxy groups -OCH3 is 1. The third-order valence-electron chi connectivity index (χ3n) is 4.44. The van der Waals surface area contributed by atoms with Gasteiger partial charge in [-0.05, 0) is 30.3 Å². The first-order valence-corrected chi connectivity index (χ1v) is 9.77. The fraction of sp³-hybridized carbons (Fsp3) is 0.211. The van der Waals surface area contributed by atoms with E-state index in [-0.39, 0.29) is 29.8 Å². The summed E-state index contributed by atoms with van der Waals surface area (Å²) in [6, 6.07) is 14.9. The average Bonchev–Trinajstić information content (AvgIpc) is 2.64. The summed E-state index contributed by atoms with van der Waals surface area (Å²) in [6.45, 7) is 0.370. The smallest absolute Gasteiger partial charge is 0.243 e. The van der Waals surface area contributed by atoms with Crippen LogP contribution < -0.4 is 9.47 Å². The lowest BCUT2D eigenvalue weighted by molar-refractivity contribution is 0.0724. The Morgan fingerprint density at radius 3 is 2.63 bits per heavy atom. The van der Waals surface area contributed by atoms with Crippen LogP contribution in [0.1, 0.15) is 0 Å². The van der Waals surface area contributed by atoms with Crippen LogP contribution in [0.25, 0.3) is 10.9 Å². The molecule has 0 saturated carbocycles. The zero-order valence-corrected chi connectivity index (χ0v) is 15.3. The van der Waals surface area contributed by atoms with Gasteiger partial charge in [0.25, 0.3) is 0 Å². The minimum Gasteiger partial charge on any atom is -0.494 e. The number of aromatic nitrogens is 1. The Morgan fingerprint density at radius 1 is 1.11 bits per heavy atom. The fourth-order valence-corrected chi connectivity index (χ4v) is 4.43. The lowest BCUT2D eigenvalue weighted by Gasteiger charge is -2.37. The van der Waals surface area contributed by atoms with Crippen molar-refractivity contribution in [2.24, 2.45) is 0 Å². The van der Waals surface area contributed by atoms with E-state index in [0.29, 0.717) is 5.88 Å². The number of benzene rings is 2. The zero-order valence-electron chi connectivity index (χ0n) is 14.5. The van der Waals surface area contributed by atoms with Gasteiger partial charge in [0.2, 0.25) is 15.9 Å². The quantitative estimate of drug-likeness (QED) is 0.672. The molecule has 0 N–H and O–H groups in total. The first-order chi connectivity index (χ1) is 13.0. The third kappa shape index (κ3) is 3.33. The van der Waals surface area contributed by atoms with Crippen molar-refractivity contribution in [2.75, 3.05) is 20.2 Å². The summed E-state index contributed by atoms with van der Waals surface area (Å²) in [5, 5.41) is 1.00. The van der Waals surface area contributed by atoms with Crippen molar-refractivity contribution in [1.29, 1.82) is 0 Å². The molecule has 0 unspecified atom stereocenters. The third-order valence-corrected chi connectivity index (χ3v) is 6.26. The lowest BCUT2D eigenvalue weighted by atomic mass is 10.2. The maximum Gasteiger partial charge on any atom is 0.243 e. The maximum atomic E-state index is 13.8. The molecule has 1 saturated heterocycles. The number of rotatable bonds is 5. The minimum absolute atomic E-state index is 0.00106. The number of sulfonamides is 1. The van der Waals surface area contributed by atoms with Crippen molar-refractivity contribution < 1.29 is 22.3 Å². The second-order valence-electron chi connectivity index (χ2n) is 6.20. The van der Waals surface area contributed by atoms with Crippen LogP contribution in [0.15, 0.2) is 59.5 Å². The van der Waals surface area contributed by atoms with Gasteiger partial charge in [-0.1, -0.05) is 18.2 Å². The zero-order chi connectivity index (χ0) is 19.0. The molecule has 0 atom stereocenters. The van der Waals surface area contributed by atoms with Crippen molar-refractivity contribution in [1.82, 2.24) is 9.29 Å². The summed E-state index contributed by atoms with van der Waals surface area (Å²) in [5.74, 6) is -0.264. The Hall–Kier alpha value is -2.71. The molecule has 1 aliphatic heterocycles. The van der Waals surface area contributed by atoms with Gasteiger partial charge in [0.15, 0.2) is 11.6 Å². The van der Waals surface area contributed by atoms with Gasteiger partial charge in [0, 0.05) is 11.5 Å². The van der Waals surface area contributed by atoms with E-state index in [1.165, 1.54) is 23.5 Å². The normalized spacial score (nSPS) is 15.5. The summed E-state index contributed by atoms with van der Waals surface area (Å²) in [5.41, 5.74) is 0.813. The molecule has 3 aromatic rings. The first-order valence-electron chi connectivity index (χ1n) is 8.33. The van der Waals surface area contributed by atoms with Gasteiger partial charge in [-0.15, -0.1) is 0 Å². The number of hydrogen-bond acceptors (Lipinski definition) is 5. The summed E-state index contributed by atoms with van der Waals surface area (Å²) in [4.78, 5) is 4.31. The van der Waals surface area contributed by atoms with Crippen molar-refractivity contribution in [3.63, 3.8) is 0 Å². The molecule has 2 heterocycles. The Morgan fingerprint density at radius 2 is 1.89 bits per heavy atom. The van der Waals surface area contributed by atoms with Crippen LogP contribution in [0.3, 0.4) is 0 Å². The van der Waals surface area contributed by atoms with Gasteiger partial charge >= 0.3 is 0 Å². The number of pyridine rings is 1. The van der Waals surface area contributed by atoms with E-state index >= 15 is 0 Å². The monoisotopic (exact) mass is 388 g/mol. The van der Waals surface area contributed by atoms with E-state index in [9.17, 15) is 12.8 Å². The van der Waals surface area contributed by atoms with Crippen LogP contribution in [0.5, 0.6) is 11.6 Å². The molecule has 2 aromatic carbocycles. The molecule has 140 valence electrons. The summed E-state index contributed by atoms with van der Waals surface area (Å²) < 4.78 is 50.8. The highest BCUT2D eigenvalue weighted by Crippen LogP contribution is 2.27. The Balaban J connectivity index is 1.44. The number of hydrogen-bond donors (Lipinski definition) is 0. The second-order valence-corrected chi connectivity index (χ2v) is 8.14. The predicted molar refractivity (Wildman–Crippen MR) is 97.9 cm³/mol. The van der Waals surface area contributed by atoms with Gasteiger partial charge in [-0.3, -0.25) is 0 Å². The van der Waals surface area contributed by atoms with Crippen LogP contribution in [0, 0.1) is 5.82 Å². The molecule has 0 spiro atoms. The molecule has 6 nitrogen and oxygen atoms in total. The molecule has 0 aliphatic carbocycles. The van der Waals surface area contributed by atoms with E-state index < -0.39 is 15.8 Å². The van der Waals surface area contributed by atoms with Crippen LogP contribution in [-0.2, 0) is 10.0 Å². The number of para-hydroxylation sites is 1. The molecule has 0 amide bonds. The second kappa shape index (κ2) is 6.79. The molecular formula is C19H17FN2O4S. The lowest BCUT2D eigenvalue weighted by Crippen LogP contribution is -2.56. The predicted octanol–water partition coefficient (Wildman–Crippen LogP) is 2.83. The van der Waals surface area contributed by atoms with Crippen molar-refractivity contribution in [3.8, 4) is 11.6 Å². The molecule has 1 aromatic heterocycles. The molecule has 0 radical (unpaired) electrons. The number of nitrogens with zero attached hydrogens (tertiary/aromatic N) is 2. The van der Waals surface area contributed by atoms with Crippen LogP contribution in [0.4, 0.5) is 4.39 Å². The highest BCUT2D eigenvalue weighted by molar-refractivity contribution is 7.89. The largest absolute Gasteiger partial charge is 0.494 e. The molecule has 1 fully saturated rings. The van der Waals surface area contributed by atoms with E-state index in [4.69, 9.17) is 9.47 Å². The van der Waals surface area contributed by atoms with Gasteiger partial charge in [-0.25, -0.2) is 17.8 Å². The van der Waals surface area contributed by atoms with Crippen LogP contribution >= 0.6 is 0 Å². The van der Waals surface area contributed by atoms with E-state index in [2.05, 4.69) is 4.98 Å². The average molecular weight is 388 g/mol. The molecule has 0 bridgehead atoms. The molecular weight excluding hydrogens is 371 g/mol. The van der Waals surface area contributed by atoms with Crippen molar-refractivity contribution in [2.45, 2.75) is 11.0 Å². The standard InChI is InChI=1S/C19H17FN2O4S/c1-25-18-8-7-15(10-16(18)20)27(23,24)22-11-14(12-22)26-19-9-6-13-4-2-3-5-17(13)21-19/h2-10,14H,11-12H2,1H3. The number of ether oxygens (including phenoxy) is 2. The van der Waals surface area contributed by atoms with Crippen LogP contribution in [-0.4, -0.2) is 44.0 Å². The summed E-state index contributed by atoms with van der Waals surface area (Å²) >= 11 is 0. The van der Waals surface area contributed by atoms with Gasteiger partial charge in [-0.2, -0.15) is 4.31 Å². The van der Waals surface area contributed by atoms with Gasteiger partial charge < -0.3 is 9.47 Å². The minimum atomic E-state index is -3.77. The fourth-order valence-electron chi connectivity index (χ4n) is 2.91. The van der Waals surface area contributed by atoms with E-state index in [1.807, 2.05) is 30.3 Å². The first kappa shape index (κ1) is 17.7. The van der Waals surface area contributed by atoms with Gasteiger partial charge in [0.1, 0.15) is 6.10 Å². The number of fused-ring (bicyclic) bond motifs is 1. The van der Waals surface area contributed by atoms with Gasteiger partial charge in [0.05, 0.1) is 30.6 Å². The maximum absolute atomic E-state index is 13.8. The highest BCUT2D eigenvalue weighted by atomic mass is 32.2. The summed E-state index contributed by atoms with van der Waals surface area (Å²) in [6.07, 6.45) is -0.295. The molecule has 8 heteroatoms. The van der Waals surface area contributed by atoms with Crippen molar-refractivity contribution >= 4 is 20.9 Å². The Kier molecular flexibility index (Phi) is 4.45. The Labute approximate surface area is 156 Å². The molecule has 27 heavy (non-hydrogen) atoms. The number of halogens is 1. The van der Waals surface area contributed by atoms with Crippen LogP contribution in [0.2, 0.25) is 0 Å². The SMILES string of the molecule is COc1ccc(S(=O)(=O)N2CC(Oc3ccc4ccccc4n3)C2)cc1F.